The molecule has 0 heterocycles. The summed E-state index contributed by atoms with van der Waals surface area (Å²) in [6.45, 7) is 0. The van der Waals surface area contributed by atoms with Crippen LogP contribution in [0.3, 0.4) is 0 Å². The Kier molecular flexibility index (Phi) is 263. The first-order valence-electron chi connectivity index (χ1n) is 0. The molecule has 5 heteroatoms. The summed E-state index contributed by atoms with van der Waals surface area (Å²) in [5.74, 6) is 0. The Morgan fingerprint density at radius 1 is 0.400 bits per heavy atom. The van der Waals surface area contributed by atoms with E-state index in [9.17, 15) is 0 Å². The van der Waals surface area contributed by atoms with Crippen molar-refractivity contribution in [3.05, 3.63) is 0 Å². The molecule has 0 aromatic carbocycles. The molecule has 0 fully saturated rings. The van der Waals surface area contributed by atoms with Gasteiger partial charge in [0.2, 0.25) is 0 Å². The monoisotopic (exact) mass is 294 g/mol. The SMILES string of the molecule is [AlH3].[AlH3].[AlH3].[Ru].[Ru]. The molecule has 0 unspecified atom stereocenters. The summed E-state index contributed by atoms with van der Waals surface area (Å²) >= 11 is 0. The van der Waals surface area contributed by atoms with Crippen molar-refractivity contribution < 1.29 is 39.0 Å². The van der Waals surface area contributed by atoms with Crippen molar-refractivity contribution in [2.24, 2.45) is 0 Å². The van der Waals surface area contributed by atoms with Gasteiger partial charge in [-0.15, -0.1) is 0 Å². The van der Waals surface area contributed by atoms with Gasteiger partial charge in [-0.05, 0) is 0 Å². The van der Waals surface area contributed by atoms with Crippen LogP contribution in [0.5, 0.6) is 0 Å². The second-order valence-electron chi connectivity index (χ2n) is 0. The Balaban J connectivity index is 0. The van der Waals surface area contributed by atoms with Crippen molar-refractivity contribution in [1.29, 1.82) is 0 Å². The molecule has 0 aromatic rings. The van der Waals surface area contributed by atoms with Crippen molar-refractivity contribution >= 4 is 52.1 Å². The third kappa shape index (κ3) is 19.9. The van der Waals surface area contributed by atoms with Gasteiger partial charge in [-0.25, -0.2) is 0 Å². The van der Waals surface area contributed by atoms with Gasteiger partial charge in [0.25, 0.3) is 0 Å². The molecule has 5 heavy (non-hydrogen) atoms. The molecule has 34 valence electrons. The van der Waals surface area contributed by atoms with Crippen molar-refractivity contribution in [3.63, 3.8) is 0 Å². The van der Waals surface area contributed by atoms with Crippen LogP contribution in [-0.2, 0) is 39.0 Å². The van der Waals surface area contributed by atoms with Gasteiger partial charge in [0, 0.05) is 39.0 Å². The molecule has 0 nitrogen and oxygen atoms in total. The Bertz CT molecular complexity index is 4.85. The summed E-state index contributed by atoms with van der Waals surface area (Å²) in [5.41, 5.74) is 0. The number of hydrogen-bond donors (Lipinski definition) is 0. The van der Waals surface area contributed by atoms with Crippen LogP contribution >= 0.6 is 0 Å². The average Bonchev–Trinajstić information content (AvgIpc) is 0. The summed E-state index contributed by atoms with van der Waals surface area (Å²) in [7, 11) is 0. The van der Waals surface area contributed by atoms with Crippen molar-refractivity contribution in [2.75, 3.05) is 0 Å². The van der Waals surface area contributed by atoms with Crippen LogP contribution < -0.4 is 0 Å². The zero-order valence-electron chi connectivity index (χ0n) is 0.707. The van der Waals surface area contributed by atoms with Crippen LogP contribution in [0.2, 0.25) is 0 Å². The largest absolute Gasteiger partial charge is 0.187 e. The fourth-order valence-electron chi connectivity index (χ4n) is 0. The molecule has 0 amide bonds. The molecule has 0 saturated heterocycles. The fourth-order valence-corrected chi connectivity index (χ4v) is 0. The van der Waals surface area contributed by atoms with Gasteiger partial charge in [-0.3, -0.25) is 0 Å². The van der Waals surface area contributed by atoms with Crippen LogP contribution in [-0.4, -0.2) is 52.1 Å². The molecule has 0 spiro atoms. The van der Waals surface area contributed by atoms with Gasteiger partial charge in [0.15, 0.2) is 52.1 Å². The maximum absolute atomic E-state index is 0. The van der Waals surface area contributed by atoms with E-state index >= 15 is 0 Å². The first kappa shape index (κ1) is 45.4. The van der Waals surface area contributed by atoms with Crippen LogP contribution in [0.25, 0.3) is 0 Å². The third-order valence-corrected chi connectivity index (χ3v) is 0. The second-order valence-corrected chi connectivity index (χ2v) is 0. The number of rotatable bonds is 0. The minimum absolute atomic E-state index is 0. The number of hydrogen-bond acceptors (Lipinski definition) is 0. The summed E-state index contributed by atoms with van der Waals surface area (Å²) in [6.07, 6.45) is 0. The van der Waals surface area contributed by atoms with Gasteiger partial charge in [-0.1, -0.05) is 0 Å². The smallest absolute Gasteiger partial charge is 0 e. The molecule has 0 radical (unpaired) electrons. The van der Waals surface area contributed by atoms with E-state index in [1.165, 1.54) is 0 Å². The first-order chi connectivity index (χ1) is 0. The maximum atomic E-state index is 0. The van der Waals surface area contributed by atoms with Gasteiger partial charge in [-0.2, -0.15) is 0 Å². The predicted molar refractivity (Wildman–Crippen MR) is 29.8 cm³/mol. The normalized spacial score (nSPS) is 0. The first-order valence-corrected chi connectivity index (χ1v) is 0. The van der Waals surface area contributed by atoms with Gasteiger partial charge >= 0.3 is 0 Å². The summed E-state index contributed by atoms with van der Waals surface area (Å²) < 4.78 is 0. The fraction of sp³-hybridized carbons (Fsp3) is 0. The van der Waals surface area contributed by atoms with E-state index in [1.807, 2.05) is 0 Å². The van der Waals surface area contributed by atoms with Crippen molar-refractivity contribution in [1.82, 2.24) is 0 Å². The Morgan fingerprint density at radius 2 is 0.400 bits per heavy atom. The van der Waals surface area contributed by atoms with Crippen LogP contribution in [0.4, 0.5) is 0 Å². The topological polar surface area (TPSA) is 0 Å². The summed E-state index contributed by atoms with van der Waals surface area (Å²) in [6, 6.07) is 0. The standard InChI is InChI=1S/3Al.2Ru.9H. The van der Waals surface area contributed by atoms with Crippen molar-refractivity contribution in [2.45, 2.75) is 0 Å². The van der Waals surface area contributed by atoms with E-state index in [4.69, 9.17) is 0 Å². The molecule has 0 saturated carbocycles. The van der Waals surface area contributed by atoms with Gasteiger partial charge < -0.3 is 0 Å². The molecule has 0 N–H and O–H groups in total. The van der Waals surface area contributed by atoms with E-state index in [1.54, 1.807) is 0 Å². The minimum Gasteiger partial charge on any atom is 0 e. The summed E-state index contributed by atoms with van der Waals surface area (Å²) in [4.78, 5) is 0. The molecule has 0 atom stereocenters. The van der Waals surface area contributed by atoms with E-state index in [-0.39, 0.29) is 91.0 Å². The second kappa shape index (κ2) is 28.9. The zero-order chi connectivity index (χ0) is 0. The molecule has 0 aliphatic rings. The molecular formula is H9Al3Ru2. The predicted octanol–water partition coefficient (Wildman–Crippen LogP) is -3.56. The van der Waals surface area contributed by atoms with Gasteiger partial charge in [0.1, 0.15) is 0 Å². The van der Waals surface area contributed by atoms with Gasteiger partial charge in [0.05, 0.1) is 0 Å². The van der Waals surface area contributed by atoms with Crippen LogP contribution in [0.15, 0.2) is 0 Å². The van der Waals surface area contributed by atoms with Crippen LogP contribution in [0, 0.1) is 0 Å². The molecule has 0 aliphatic heterocycles. The van der Waals surface area contributed by atoms with E-state index in [2.05, 4.69) is 0 Å². The molecule has 0 bridgehead atoms. The molecule has 0 aromatic heterocycles. The average molecular weight is 292 g/mol. The Hall–Kier alpha value is 2.84. The maximum Gasteiger partial charge on any atom is 0.187 e. The third-order valence-electron chi connectivity index (χ3n) is 0. The molecule has 0 aliphatic carbocycles. The van der Waals surface area contributed by atoms with E-state index in [0.29, 0.717) is 0 Å². The summed E-state index contributed by atoms with van der Waals surface area (Å²) in [5, 5.41) is 0. The quantitative estimate of drug-likeness (QED) is 0.406. The molecular weight excluding hydrogens is 283 g/mol. The van der Waals surface area contributed by atoms with Crippen LogP contribution in [0.1, 0.15) is 0 Å². The zero-order valence-corrected chi connectivity index (χ0v) is 4.18. The van der Waals surface area contributed by atoms with Crippen molar-refractivity contribution in [3.8, 4) is 0 Å². The Morgan fingerprint density at radius 3 is 0.400 bits per heavy atom. The minimum atomic E-state index is 0. The van der Waals surface area contributed by atoms with E-state index in [0.717, 1.165) is 0 Å². The molecule has 0 rings (SSSR count). The Labute approximate surface area is 89.8 Å². The van der Waals surface area contributed by atoms with E-state index < -0.39 is 0 Å².